The van der Waals surface area contributed by atoms with Crippen LogP contribution >= 0.6 is 23.2 Å². The van der Waals surface area contributed by atoms with Crippen LogP contribution in [-0.4, -0.2) is 88.9 Å². The van der Waals surface area contributed by atoms with E-state index in [1.54, 1.807) is 10.6 Å². The number of aliphatic imine (C=N–C) groups is 1. The summed E-state index contributed by atoms with van der Waals surface area (Å²) in [6.45, 7) is 12.1. The number of β-amino-alcohol motifs (C(OH)–C–C–N with tert-alkyl or cyclic N) is 1. The maximum atomic E-state index is 14.1. The number of guanidine groups is 1. The van der Waals surface area contributed by atoms with Crippen LogP contribution in [0.2, 0.25) is 10.0 Å². The number of likely N-dealkylation sites (tertiary alicyclic amines) is 1. The predicted octanol–water partition coefficient (Wildman–Crippen LogP) is 5.21. The van der Waals surface area contributed by atoms with Crippen molar-refractivity contribution >= 4 is 51.7 Å². The van der Waals surface area contributed by atoms with Gasteiger partial charge in [-0.1, -0.05) is 50.0 Å². The number of nitrogens with zero attached hydrogens (tertiary/aromatic N) is 6. The Hall–Kier alpha value is -2.85. The molecule has 8 rings (SSSR count). The molecule has 3 heterocycles. The summed E-state index contributed by atoms with van der Waals surface area (Å²) in [5.74, 6) is 3.40. The summed E-state index contributed by atoms with van der Waals surface area (Å²) in [6, 6.07) is 11.5. The highest BCUT2D eigenvalue weighted by molar-refractivity contribution is 6.35. The number of hydrogen-bond donors (Lipinski definition) is 2. The number of fused-ring (bicyclic) bond motifs is 3. The zero-order chi connectivity index (χ0) is 32.3. The first-order chi connectivity index (χ1) is 22.0. The Morgan fingerprint density at radius 3 is 2.52 bits per heavy atom. The third kappa shape index (κ3) is 5.89. The van der Waals surface area contributed by atoms with E-state index in [1.807, 2.05) is 30.3 Å². The van der Waals surface area contributed by atoms with Crippen LogP contribution in [0, 0.1) is 23.2 Å². The molecule has 246 valence electrons. The van der Waals surface area contributed by atoms with E-state index in [9.17, 15) is 9.90 Å². The van der Waals surface area contributed by atoms with Crippen LogP contribution in [0.1, 0.15) is 39.2 Å². The molecule has 0 amide bonds. The molecule has 5 aliphatic rings. The second-order valence-corrected chi connectivity index (χ2v) is 15.4. The van der Waals surface area contributed by atoms with Gasteiger partial charge in [0.05, 0.1) is 23.0 Å². The van der Waals surface area contributed by atoms with Crippen molar-refractivity contribution < 1.29 is 5.11 Å². The zero-order valence-electron chi connectivity index (χ0n) is 27.2. The van der Waals surface area contributed by atoms with Gasteiger partial charge in [-0.25, -0.2) is 9.98 Å². The molecule has 46 heavy (non-hydrogen) atoms. The second kappa shape index (κ2) is 12.3. The number of aliphatic hydroxyl groups excluding tert-OH is 1. The highest BCUT2D eigenvalue weighted by Gasteiger charge is 2.56. The fourth-order valence-electron chi connectivity index (χ4n) is 8.09. The van der Waals surface area contributed by atoms with Crippen molar-refractivity contribution in [1.29, 1.82) is 0 Å². The van der Waals surface area contributed by atoms with E-state index < -0.39 is 0 Å². The summed E-state index contributed by atoms with van der Waals surface area (Å²) in [6.07, 6.45) is 2.65. The number of likely N-dealkylation sites (N-methyl/N-ethyl adjacent to an activating group) is 1. The lowest BCUT2D eigenvalue weighted by molar-refractivity contribution is -0.108. The first-order valence-corrected chi connectivity index (χ1v) is 17.4. The quantitative estimate of drug-likeness (QED) is 0.276. The van der Waals surface area contributed by atoms with Gasteiger partial charge in [-0.2, -0.15) is 0 Å². The number of anilines is 2. The van der Waals surface area contributed by atoms with Crippen molar-refractivity contribution in [3.05, 3.63) is 62.4 Å². The number of piperazine rings is 1. The summed E-state index contributed by atoms with van der Waals surface area (Å²) in [5.41, 5.74) is 2.77. The van der Waals surface area contributed by atoms with Gasteiger partial charge >= 0.3 is 0 Å². The Kier molecular flexibility index (Phi) is 8.49. The molecule has 2 bridgehead atoms. The lowest BCUT2D eigenvalue weighted by Crippen LogP contribution is -2.58. The van der Waals surface area contributed by atoms with Gasteiger partial charge < -0.3 is 25.1 Å². The van der Waals surface area contributed by atoms with Crippen LogP contribution in [0.3, 0.4) is 0 Å². The van der Waals surface area contributed by atoms with Gasteiger partial charge in [0.25, 0.3) is 5.56 Å². The van der Waals surface area contributed by atoms with Crippen LogP contribution < -0.4 is 15.8 Å². The smallest absolute Gasteiger partial charge is 0.262 e. The topological polar surface area (TPSA) is 89.2 Å². The van der Waals surface area contributed by atoms with E-state index in [0.29, 0.717) is 76.1 Å². The summed E-state index contributed by atoms with van der Waals surface area (Å²) in [7, 11) is 2.12. The monoisotopic (exact) mass is 665 g/mol. The maximum absolute atomic E-state index is 14.1. The molecule has 4 atom stereocenters. The average molecular weight is 667 g/mol. The number of hydrogen-bond acceptors (Lipinski definition) is 6. The number of aliphatic hydroxyl groups is 1. The van der Waals surface area contributed by atoms with E-state index in [1.165, 1.54) is 6.42 Å². The van der Waals surface area contributed by atoms with Crippen molar-refractivity contribution in [2.75, 3.05) is 56.5 Å². The molecule has 11 heteroatoms. The van der Waals surface area contributed by atoms with Crippen LogP contribution in [-0.2, 0) is 13.0 Å². The molecule has 1 aromatic heterocycles. The van der Waals surface area contributed by atoms with E-state index >= 15 is 0 Å². The van der Waals surface area contributed by atoms with Gasteiger partial charge in [-0.15, -0.1) is 0 Å². The minimum atomic E-state index is -0.339. The Morgan fingerprint density at radius 1 is 1.09 bits per heavy atom. The molecular formula is C35H45Cl2N7O2. The van der Waals surface area contributed by atoms with Crippen LogP contribution in [0.4, 0.5) is 11.6 Å². The summed E-state index contributed by atoms with van der Waals surface area (Å²) in [4.78, 5) is 31.1. The molecule has 2 saturated heterocycles. The number of rotatable bonds is 6. The summed E-state index contributed by atoms with van der Waals surface area (Å²) >= 11 is 12.6. The summed E-state index contributed by atoms with van der Waals surface area (Å²) < 4.78 is 1.80. The maximum Gasteiger partial charge on any atom is 0.262 e. The van der Waals surface area contributed by atoms with Crippen LogP contribution in [0.25, 0.3) is 10.9 Å². The minimum Gasteiger partial charge on any atom is -0.389 e. The van der Waals surface area contributed by atoms with Gasteiger partial charge in [0, 0.05) is 61.5 Å². The minimum absolute atomic E-state index is 0.0619. The van der Waals surface area contributed by atoms with Crippen LogP contribution in [0.15, 0.2) is 46.2 Å². The van der Waals surface area contributed by atoms with E-state index in [4.69, 9.17) is 33.2 Å². The van der Waals surface area contributed by atoms with Crippen molar-refractivity contribution in [3.8, 4) is 0 Å². The van der Waals surface area contributed by atoms with Gasteiger partial charge in [-0.3, -0.25) is 9.36 Å². The zero-order valence-corrected chi connectivity index (χ0v) is 28.7. The first-order valence-electron chi connectivity index (χ1n) is 16.7. The Balaban J connectivity index is 1.20. The third-order valence-corrected chi connectivity index (χ3v) is 11.9. The average Bonchev–Trinajstić information content (AvgIpc) is 3.00. The standard InChI is InChI=1S/C35H45Cl2N7O2/c1-21-28-15-23(35(28,2)3)16-30(21)39-33(43-19-26(45)20-43)38-25-7-8-27-31(18-25)40-34(42-13-11-41(4)12-14-42)44(32(27)46)10-9-22-5-6-24(36)17-29(22)37/h5-8,17-18,21,23,26,28,30,45H,9-16,19-20H2,1-4H3,(H,38,39)/t21-,23-,28+,30?/m0/s1. The summed E-state index contributed by atoms with van der Waals surface area (Å²) in [5, 5.41) is 15.5. The highest BCUT2D eigenvalue weighted by atomic mass is 35.5. The number of halogens is 2. The fourth-order valence-corrected chi connectivity index (χ4v) is 8.60. The molecule has 3 aliphatic carbocycles. The number of benzene rings is 2. The first kappa shape index (κ1) is 31.7. The second-order valence-electron chi connectivity index (χ2n) is 14.5. The molecule has 1 unspecified atom stereocenters. The highest BCUT2D eigenvalue weighted by Crippen LogP contribution is 2.61. The van der Waals surface area contributed by atoms with Gasteiger partial charge in [0.15, 0.2) is 5.96 Å². The SMILES string of the molecule is C[C@@H]1C(/N=C(/Nc2ccc3c(=O)n(CCc4ccc(Cl)cc4Cl)c(N4CCN(C)CC4)nc3c2)N2CC(O)C2)C[C@@H]2C[C@H]1C2(C)C. The number of nitrogens with one attached hydrogen (secondary N) is 1. The molecule has 2 aliphatic heterocycles. The van der Waals surface area contributed by atoms with Gasteiger partial charge in [0.2, 0.25) is 5.95 Å². The molecule has 0 radical (unpaired) electrons. The largest absolute Gasteiger partial charge is 0.389 e. The van der Waals surface area contributed by atoms with Crippen LogP contribution in [0.5, 0.6) is 0 Å². The molecule has 9 nitrogen and oxygen atoms in total. The third-order valence-electron chi connectivity index (χ3n) is 11.4. The Bertz CT molecular complexity index is 1710. The predicted molar refractivity (Wildman–Crippen MR) is 187 cm³/mol. The number of aromatic nitrogens is 2. The van der Waals surface area contributed by atoms with Gasteiger partial charge in [0.1, 0.15) is 0 Å². The van der Waals surface area contributed by atoms with E-state index in [2.05, 4.69) is 47.8 Å². The molecular weight excluding hydrogens is 621 g/mol. The van der Waals surface area contributed by atoms with E-state index in [0.717, 1.165) is 49.8 Å². The van der Waals surface area contributed by atoms with Crippen molar-refractivity contribution in [1.82, 2.24) is 19.4 Å². The normalized spacial score (nSPS) is 26.6. The molecule has 3 aromatic rings. The molecule has 5 fully saturated rings. The molecule has 2 N–H and O–H groups in total. The van der Waals surface area contributed by atoms with E-state index in [-0.39, 0.29) is 17.7 Å². The Morgan fingerprint density at radius 2 is 1.85 bits per heavy atom. The Labute approximate surface area is 281 Å². The van der Waals surface area contributed by atoms with Gasteiger partial charge in [-0.05, 0) is 85.4 Å². The molecule has 3 saturated carbocycles. The van der Waals surface area contributed by atoms with Crippen molar-refractivity contribution in [2.24, 2.45) is 28.2 Å². The lowest BCUT2D eigenvalue weighted by atomic mass is 9.45. The molecule has 0 spiro atoms. The van der Waals surface area contributed by atoms with Crippen molar-refractivity contribution in [3.63, 3.8) is 0 Å². The molecule has 2 aromatic carbocycles. The lowest BCUT2D eigenvalue weighted by Gasteiger charge is -2.61. The number of aryl methyl sites for hydroxylation is 1. The fraction of sp³-hybridized carbons (Fsp3) is 0.571. The van der Waals surface area contributed by atoms with Crippen molar-refractivity contribution in [2.45, 2.75) is 58.7 Å².